The molecule has 5 aromatic rings. The summed E-state index contributed by atoms with van der Waals surface area (Å²) < 4.78 is 38.5. The molecule has 3 aliphatic heterocycles. The monoisotopic (exact) mass is 636 g/mol. The van der Waals surface area contributed by atoms with Crippen molar-refractivity contribution in [1.29, 1.82) is 0 Å². The third-order valence-corrected chi connectivity index (χ3v) is 9.50. The zero-order valence-corrected chi connectivity index (χ0v) is 26.2. The summed E-state index contributed by atoms with van der Waals surface area (Å²) in [4.78, 5) is 26.7. The summed E-state index contributed by atoms with van der Waals surface area (Å²) in [7, 11) is 1.46. The Hall–Kier alpha value is -5.01. The number of aromatic nitrogens is 2. The van der Waals surface area contributed by atoms with E-state index in [2.05, 4.69) is 32.9 Å². The van der Waals surface area contributed by atoms with Crippen LogP contribution in [-0.2, 0) is 0 Å². The number of alkyl halides is 1. The van der Waals surface area contributed by atoms with Gasteiger partial charge in [0.25, 0.3) is 0 Å². The minimum Gasteiger partial charge on any atom is -0.508 e. The van der Waals surface area contributed by atoms with Crippen molar-refractivity contribution in [3.63, 3.8) is 0 Å². The highest BCUT2D eigenvalue weighted by Crippen LogP contribution is 2.40. The smallest absolute Gasteiger partial charge is 0.349 e. The number of terminal acetylenes is 1. The number of benzene rings is 3. The maximum atomic E-state index is 14.6. The van der Waals surface area contributed by atoms with Gasteiger partial charge in [-0.2, -0.15) is 9.97 Å². The van der Waals surface area contributed by atoms with Crippen molar-refractivity contribution in [3.05, 3.63) is 87.5 Å². The van der Waals surface area contributed by atoms with Crippen LogP contribution in [0.25, 0.3) is 33.0 Å². The SMILES string of the molecule is C#Cc1c(F)ccc2cc(O)cc(-c3oc(=O)c4c(N5CC(c6ccccc6)C5)nc(OC)nc4c3C)c12.FC1CC2CCCN2C1. The van der Waals surface area contributed by atoms with Gasteiger partial charge in [-0.15, -0.1) is 6.42 Å². The lowest BCUT2D eigenvalue weighted by molar-refractivity contribution is 0.292. The van der Waals surface area contributed by atoms with Crippen molar-refractivity contribution in [2.45, 2.75) is 44.3 Å². The van der Waals surface area contributed by atoms with E-state index in [1.165, 1.54) is 49.8 Å². The highest BCUT2D eigenvalue weighted by molar-refractivity contribution is 6.03. The molecule has 3 aliphatic rings. The first kappa shape index (κ1) is 30.6. The molecular weight excluding hydrogens is 602 g/mol. The van der Waals surface area contributed by atoms with E-state index in [4.69, 9.17) is 15.6 Å². The van der Waals surface area contributed by atoms with Gasteiger partial charge in [0.2, 0.25) is 0 Å². The van der Waals surface area contributed by atoms with Gasteiger partial charge in [0.15, 0.2) is 5.82 Å². The zero-order valence-electron chi connectivity index (χ0n) is 26.2. The highest BCUT2D eigenvalue weighted by Gasteiger charge is 2.35. The molecule has 240 valence electrons. The highest BCUT2D eigenvalue weighted by atomic mass is 19.1. The van der Waals surface area contributed by atoms with Crippen molar-refractivity contribution in [3.8, 4) is 35.4 Å². The molecular formula is C37H34F2N4O4. The minimum atomic E-state index is -0.656. The molecule has 47 heavy (non-hydrogen) atoms. The molecule has 3 aromatic carbocycles. The van der Waals surface area contributed by atoms with Crippen molar-refractivity contribution in [2.75, 3.05) is 38.2 Å². The summed E-state index contributed by atoms with van der Waals surface area (Å²) in [6, 6.07) is 16.5. The quantitative estimate of drug-likeness (QED) is 0.229. The predicted octanol–water partition coefficient (Wildman–Crippen LogP) is 6.34. The second kappa shape index (κ2) is 12.3. The average Bonchev–Trinajstić information content (AvgIpc) is 3.63. The number of fused-ring (bicyclic) bond motifs is 3. The Balaban J connectivity index is 0.000000334. The standard InChI is InChI=1S/C30H22FN3O4.C7H12FN/c1-4-21-23(31)11-10-18-12-20(35)13-22(24(18)21)27-16(2)26-25(29(36)38-27)28(33-30(32-26)37-3)34-14-19(15-34)17-8-6-5-7-9-17;8-6-4-7-2-1-3-9(7)5-6/h1,5-13,19,35H,14-15H2,2-3H3;6-7H,1-5H2. The van der Waals surface area contributed by atoms with Crippen LogP contribution in [0.4, 0.5) is 14.6 Å². The molecule has 3 saturated heterocycles. The van der Waals surface area contributed by atoms with Gasteiger partial charge in [-0.05, 0) is 61.9 Å². The first-order chi connectivity index (χ1) is 22.7. The fraction of sp³-hybridized carbons (Fsp3) is 0.324. The first-order valence-corrected chi connectivity index (χ1v) is 15.7. The van der Waals surface area contributed by atoms with Gasteiger partial charge in [0.05, 0.1) is 18.2 Å². The van der Waals surface area contributed by atoms with Gasteiger partial charge < -0.3 is 19.2 Å². The molecule has 2 unspecified atom stereocenters. The van der Waals surface area contributed by atoms with Crippen LogP contribution in [-0.4, -0.2) is 65.5 Å². The molecule has 0 aliphatic carbocycles. The Kier molecular flexibility index (Phi) is 8.02. The topological polar surface area (TPSA) is 91.9 Å². The minimum absolute atomic E-state index is 0.00753. The molecule has 1 N–H and O–H groups in total. The lowest BCUT2D eigenvalue weighted by atomic mass is 9.91. The summed E-state index contributed by atoms with van der Waals surface area (Å²) in [5.74, 6) is 2.57. The van der Waals surface area contributed by atoms with Gasteiger partial charge in [0.1, 0.15) is 28.9 Å². The Labute approximate surface area is 270 Å². The Bertz CT molecular complexity index is 2080. The number of rotatable bonds is 4. The number of anilines is 1. The summed E-state index contributed by atoms with van der Waals surface area (Å²) in [5, 5.41) is 11.5. The van der Waals surface area contributed by atoms with Crippen LogP contribution in [0.15, 0.2) is 63.8 Å². The molecule has 5 heterocycles. The molecule has 0 bridgehead atoms. The van der Waals surface area contributed by atoms with Crippen LogP contribution >= 0.6 is 0 Å². The van der Waals surface area contributed by atoms with Crippen molar-refractivity contribution >= 4 is 27.5 Å². The van der Waals surface area contributed by atoms with Gasteiger partial charge in [-0.3, -0.25) is 4.90 Å². The normalized spacial score (nSPS) is 19.3. The molecule has 10 heteroatoms. The van der Waals surface area contributed by atoms with Gasteiger partial charge in [-0.1, -0.05) is 42.3 Å². The summed E-state index contributed by atoms with van der Waals surface area (Å²) in [6.07, 6.45) is 8.45. The van der Waals surface area contributed by atoms with Gasteiger partial charge in [-0.25, -0.2) is 13.6 Å². The lowest BCUT2D eigenvalue weighted by Crippen LogP contribution is -2.46. The molecule has 0 radical (unpaired) electrons. The van der Waals surface area contributed by atoms with Crippen LogP contribution < -0.4 is 15.3 Å². The number of halogens is 2. The third-order valence-electron chi connectivity index (χ3n) is 9.50. The maximum absolute atomic E-state index is 14.6. The van der Waals surface area contributed by atoms with Crippen LogP contribution in [0.1, 0.15) is 41.9 Å². The van der Waals surface area contributed by atoms with E-state index in [0.717, 1.165) is 13.0 Å². The number of phenols is 1. The van der Waals surface area contributed by atoms with Crippen LogP contribution in [0, 0.1) is 25.1 Å². The largest absolute Gasteiger partial charge is 0.508 e. The molecule has 2 atom stereocenters. The number of nitrogens with zero attached hydrogens (tertiary/aromatic N) is 4. The van der Waals surface area contributed by atoms with E-state index in [0.29, 0.717) is 59.3 Å². The summed E-state index contributed by atoms with van der Waals surface area (Å²) >= 11 is 0. The maximum Gasteiger partial charge on any atom is 0.349 e. The van der Waals surface area contributed by atoms with E-state index in [-0.39, 0.29) is 34.0 Å². The molecule has 8 nitrogen and oxygen atoms in total. The van der Waals surface area contributed by atoms with Crippen LogP contribution in [0.5, 0.6) is 11.8 Å². The van der Waals surface area contributed by atoms with Crippen molar-refractivity contribution < 1.29 is 23.0 Å². The zero-order chi connectivity index (χ0) is 32.8. The van der Waals surface area contributed by atoms with Crippen molar-refractivity contribution in [1.82, 2.24) is 14.9 Å². The second-order valence-corrected chi connectivity index (χ2v) is 12.4. The van der Waals surface area contributed by atoms with E-state index in [1.54, 1.807) is 6.92 Å². The number of phenolic OH excluding ortho intramolecular Hbond substituents is 1. The Morgan fingerprint density at radius 3 is 2.60 bits per heavy atom. The second-order valence-electron chi connectivity index (χ2n) is 12.4. The number of ether oxygens (including phenoxy) is 1. The number of hydrogen-bond acceptors (Lipinski definition) is 8. The first-order valence-electron chi connectivity index (χ1n) is 15.7. The molecule has 0 spiro atoms. The molecule has 2 aromatic heterocycles. The number of methoxy groups -OCH3 is 1. The van der Waals surface area contributed by atoms with Gasteiger partial charge in [0, 0.05) is 48.1 Å². The Morgan fingerprint density at radius 1 is 1.09 bits per heavy atom. The van der Waals surface area contributed by atoms with Crippen LogP contribution in [0.2, 0.25) is 0 Å². The predicted molar refractivity (Wildman–Crippen MR) is 177 cm³/mol. The lowest BCUT2D eigenvalue weighted by Gasteiger charge is -2.40. The molecule has 0 saturated carbocycles. The molecule has 8 rings (SSSR count). The number of aromatic hydroxyl groups is 1. The van der Waals surface area contributed by atoms with Gasteiger partial charge >= 0.3 is 11.6 Å². The summed E-state index contributed by atoms with van der Waals surface area (Å²) in [5.41, 5.74) is 1.70. The number of hydrogen-bond donors (Lipinski definition) is 1. The van der Waals surface area contributed by atoms with E-state index >= 15 is 0 Å². The molecule has 3 fully saturated rings. The van der Waals surface area contributed by atoms with E-state index < -0.39 is 17.6 Å². The van der Waals surface area contributed by atoms with E-state index in [9.17, 15) is 18.7 Å². The molecule has 0 amide bonds. The van der Waals surface area contributed by atoms with E-state index in [1.807, 2.05) is 23.1 Å². The van der Waals surface area contributed by atoms with Crippen LogP contribution in [0.3, 0.4) is 0 Å². The van der Waals surface area contributed by atoms with Crippen molar-refractivity contribution in [2.24, 2.45) is 0 Å². The number of aryl methyl sites for hydroxylation is 1. The average molecular weight is 637 g/mol. The fourth-order valence-electron chi connectivity index (χ4n) is 7.15. The Morgan fingerprint density at radius 2 is 1.87 bits per heavy atom. The summed E-state index contributed by atoms with van der Waals surface area (Å²) in [6.45, 7) is 4.93. The third kappa shape index (κ3) is 5.55. The fourth-order valence-corrected chi connectivity index (χ4v) is 7.15.